The lowest BCUT2D eigenvalue weighted by molar-refractivity contribution is -0.130. The molecule has 1 aliphatic heterocycles. The van der Waals surface area contributed by atoms with Crippen LogP contribution in [0.3, 0.4) is 0 Å². The van der Waals surface area contributed by atoms with E-state index >= 15 is 0 Å². The zero-order valence-electron chi connectivity index (χ0n) is 11.2. The van der Waals surface area contributed by atoms with Crippen LogP contribution in [-0.4, -0.2) is 48.9 Å². The van der Waals surface area contributed by atoms with Crippen LogP contribution in [0.1, 0.15) is 24.4 Å². The van der Waals surface area contributed by atoms with Gasteiger partial charge >= 0.3 is 0 Å². The SMILES string of the molecule is CCC1NC(c2cccs2)N(CCN(C)C)C1=O. The van der Waals surface area contributed by atoms with Crippen molar-refractivity contribution in [3.05, 3.63) is 22.4 Å². The van der Waals surface area contributed by atoms with Crippen LogP contribution >= 0.6 is 11.3 Å². The Morgan fingerprint density at radius 2 is 2.28 bits per heavy atom. The van der Waals surface area contributed by atoms with Crippen molar-refractivity contribution in [1.29, 1.82) is 0 Å². The Balaban J connectivity index is 2.13. The Hall–Kier alpha value is -0.910. The molecule has 1 aliphatic rings. The van der Waals surface area contributed by atoms with E-state index in [2.05, 4.69) is 28.6 Å². The van der Waals surface area contributed by atoms with E-state index in [1.54, 1.807) is 11.3 Å². The summed E-state index contributed by atoms with van der Waals surface area (Å²) in [5, 5.41) is 5.50. The third-order valence-corrected chi connectivity index (χ3v) is 4.19. The molecule has 5 heteroatoms. The van der Waals surface area contributed by atoms with Crippen molar-refractivity contribution in [2.75, 3.05) is 27.2 Å². The largest absolute Gasteiger partial charge is 0.319 e. The molecule has 2 rings (SSSR count). The van der Waals surface area contributed by atoms with Crippen LogP contribution < -0.4 is 5.32 Å². The zero-order chi connectivity index (χ0) is 13.1. The van der Waals surface area contributed by atoms with Gasteiger partial charge in [-0.1, -0.05) is 13.0 Å². The molecule has 2 heterocycles. The van der Waals surface area contributed by atoms with E-state index in [0.29, 0.717) is 0 Å². The zero-order valence-corrected chi connectivity index (χ0v) is 12.0. The lowest BCUT2D eigenvalue weighted by Crippen LogP contribution is -2.36. The van der Waals surface area contributed by atoms with E-state index in [1.807, 2.05) is 25.1 Å². The highest BCUT2D eigenvalue weighted by Gasteiger charge is 2.38. The predicted octanol–water partition coefficient (Wildman–Crippen LogP) is 1.52. The van der Waals surface area contributed by atoms with Gasteiger partial charge in [-0.25, -0.2) is 0 Å². The van der Waals surface area contributed by atoms with Crippen LogP contribution in [-0.2, 0) is 4.79 Å². The van der Waals surface area contributed by atoms with Gasteiger partial charge in [0.05, 0.1) is 6.04 Å². The van der Waals surface area contributed by atoms with Crippen molar-refractivity contribution < 1.29 is 4.79 Å². The molecule has 1 N–H and O–H groups in total. The molecule has 18 heavy (non-hydrogen) atoms. The fourth-order valence-electron chi connectivity index (χ4n) is 2.20. The van der Waals surface area contributed by atoms with Crippen molar-refractivity contribution in [3.63, 3.8) is 0 Å². The average Bonchev–Trinajstić information content (AvgIpc) is 2.94. The molecule has 0 bridgehead atoms. The maximum absolute atomic E-state index is 12.3. The van der Waals surface area contributed by atoms with Gasteiger partial charge in [0.25, 0.3) is 0 Å². The number of carbonyl (C=O) groups is 1. The standard InChI is InChI=1S/C13H21N3OS/c1-4-10-13(17)16(8-7-15(2)3)12(14-10)11-6-5-9-18-11/h5-6,9-10,12,14H,4,7-8H2,1-3H3. The normalized spacial score (nSPS) is 24.2. The van der Waals surface area contributed by atoms with Crippen LogP contribution in [0.15, 0.2) is 17.5 Å². The maximum atomic E-state index is 12.3. The summed E-state index contributed by atoms with van der Waals surface area (Å²) in [6, 6.07) is 4.10. The van der Waals surface area contributed by atoms with Crippen molar-refractivity contribution in [3.8, 4) is 0 Å². The first-order valence-electron chi connectivity index (χ1n) is 6.38. The summed E-state index contributed by atoms with van der Waals surface area (Å²) in [5.74, 6) is 0.234. The molecule has 1 aromatic heterocycles. The summed E-state index contributed by atoms with van der Waals surface area (Å²) in [4.78, 5) is 17.6. The Morgan fingerprint density at radius 1 is 1.50 bits per heavy atom. The number of hydrogen-bond acceptors (Lipinski definition) is 4. The summed E-state index contributed by atoms with van der Waals surface area (Å²) in [6.07, 6.45) is 0.904. The summed E-state index contributed by atoms with van der Waals surface area (Å²) in [6.45, 7) is 3.72. The molecule has 1 saturated heterocycles. The number of nitrogens with one attached hydrogen (secondary N) is 1. The molecule has 1 aromatic rings. The summed E-state index contributed by atoms with van der Waals surface area (Å²) >= 11 is 1.70. The van der Waals surface area contributed by atoms with E-state index in [0.717, 1.165) is 19.5 Å². The van der Waals surface area contributed by atoms with Crippen LogP contribution in [0.25, 0.3) is 0 Å². The molecular formula is C13H21N3OS. The van der Waals surface area contributed by atoms with Gasteiger partial charge in [-0.3, -0.25) is 10.1 Å². The number of hydrogen-bond donors (Lipinski definition) is 1. The second-order valence-corrected chi connectivity index (χ2v) is 5.86. The van der Waals surface area contributed by atoms with Gasteiger partial charge in [0.15, 0.2) is 0 Å². The van der Waals surface area contributed by atoms with E-state index < -0.39 is 0 Å². The quantitative estimate of drug-likeness (QED) is 0.878. The van der Waals surface area contributed by atoms with Crippen molar-refractivity contribution in [2.45, 2.75) is 25.6 Å². The van der Waals surface area contributed by atoms with Crippen LogP contribution in [0, 0.1) is 0 Å². The topological polar surface area (TPSA) is 35.6 Å². The highest BCUT2D eigenvalue weighted by atomic mass is 32.1. The molecular weight excluding hydrogens is 246 g/mol. The molecule has 0 spiro atoms. The van der Waals surface area contributed by atoms with Crippen LogP contribution in [0.2, 0.25) is 0 Å². The predicted molar refractivity (Wildman–Crippen MR) is 74.5 cm³/mol. The fourth-order valence-corrected chi connectivity index (χ4v) is 3.00. The molecule has 2 atom stereocenters. The minimum Gasteiger partial charge on any atom is -0.319 e. The number of likely N-dealkylation sites (N-methyl/N-ethyl adjacent to an activating group) is 1. The maximum Gasteiger partial charge on any atom is 0.241 e. The Labute approximate surface area is 113 Å². The third kappa shape index (κ3) is 2.74. The number of nitrogens with zero attached hydrogens (tertiary/aromatic N) is 2. The summed E-state index contributed by atoms with van der Waals surface area (Å²) in [7, 11) is 4.07. The number of rotatable bonds is 5. The van der Waals surface area contributed by atoms with E-state index in [1.165, 1.54) is 4.88 Å². The third-order valence-electron chi connectivity index (χ3n) is 3.26. The van der Waals surface area contributed by atoms with Gasteiger partial charge in [0.2, 0.25) is 5.91 Å². The molecule has 100 valence electrons. The van der Waals surface area contributed by atoms with Crippen molar-refractivity contribution >= 4 is 17.2 Å². The molecule has 0 aliphatic carbocycles. The lowest BCUT2D eigenvalue weighted by atomic mass is 10.2. The fraction of sp³-hybridized carbons (Fsp3) is 0.615. The lowest BCUT2D eigenvalue weighted by Gasteiger charge is -2.24. The minimum atomic E-state index is -0.0285. The minimum absolute atomic E-state index is 0.0285. The second-order valence-electron chi connectivity index (χ2n) is 4.88. The first-order valence-corrected chi connectivity index (χ1v) is 7.26. The highest BCUT2D eigenvalue weighted by molar-refractivity contribution is 7.10. The van der Waals surface area contributed by atoms with Crippen LogP contribution in [0.5, 0.6) is 0 Å². The van der Waals surface area contributed by atoms with Crippen LogP contribution in [0.4, 0.5) is 0 Å². The number of amides is 1. The Bertz CT molecular complexity index is 391. The molecule has 0 radical (unpaired) electrons. The Kier molecular flexibility index (Phi) is 4.37. The number of carbonyl (C=O) groups excluding carboxylic acids is 1. The summed E-state index contributed by atoms with van der Waals surface area (Å²) in [5.41, 5.74) is 0. The van der Waals surface area contributed by atoms with E-state index in [-0.39, 0.29) is 18.1 Å². The number of thiophene rings is 1. The molecule has 2 unspecified atom stereocenters. The van der Waals surface area contributed by atoms with Gasteiger partial charge in [-0.05, 0) is 32.0 Å². The van der Waals surface area contributed by atoms with Crippen molar-refractivity contribution in [2.24, 2.45) is 0 Å². The highest BCUT2D eigenvalue weighted by Crippen LogP contribution is 2.29. The van der Waals surface area contributed by atoms with Gasteiger partial charge in [-0.2, -0.15) is 0 Å². The molecule has 0 saturated carbocycles. The molecule has 1 amide bonds. The Morgan fingerprint density at radius 3 is 2.83 bits per heavy atom. The average molecular weight is 267 g/mol. The molecule has 4 nitrogen and oxygen atoms in total. The molecule has 0 aromatic carbocycles. The van der Waals surface area contributed by atoms with E-state index in [9.17, 15) is 4.79 Å². The monoisotopic (exact) mass is 267 g/mol. The first-order chi connectivity index (χ1) is 8.63. The van der Waals surface area contributed by atoms with Gasteiger partial charge < -0.3 is 9.80 Å². The van der Waals surface area contributed by atoms with Gasteiger partial charge in [-0.15, -0.1) is 11.3 Å². The van der Waals surface area contributed by atoms with Crippen molar-refractivity contribution in [1.82, 2.24) is 15.1 Å². The second kappa shape index (κ2) is 5.82. The first kappa shape index (κ1) is 13.5. The van der Waals surface area contributed by atoms with Gasteiger partial charge in [0.1, 0.15) is 6.17 Å². The van der Waals surface area contributed by atoms with Gasteiger partial charge in [0, 0.05) is 18.0 Å². The van der Waals surface area contributed by atoms with E-state index in [4.69, 9.17) is 0 Å². The molecule has 1 fully saturated rings. The summed E-state index contributed by atoms with van der Waals surface area (Å²) < 4.78 is 0. The smallest absolute Gasteiger partial charge is 0.241 e.